The maximum Gasteiger partial charge on any atom is 0.320 e. The van der Waals surface area contributed by atoms with Crippen molar-refractivity contribution >= 4 is 11.8 Å². The van der Waals surface area contributed by atoms with Crippen molar-refractivity contribution in [3.8, 4) is 11.6 Å². The topological polar surface area (TPSA) is 94.0 Å². The second-order valence-corrected chi connectivity index (χ2v) is 4.89. The summed E-state index contributed by atoms with van der Waals surface area (Å²) in [5.41, 5.74) is 0.966. The number of carbonyl (C=O) groups excluding carboxylic acids is 1. The number of hydrogen-bond acceptors (Lipinski definition) is 5. The Morgan fingerprint density at radius 3 is 2.79 bits per heavy atom. The van der Waals surface area contributed by atoms with E-state index in [2.05, 4.69) is 25.6 Å². The molecule has 2 amide bonds. The minimum Gasteiger partial charge on any atom is -0.497 e. The third-order valence-corrected chi connectivity index (χ3v) is 3.28. The lowest BCUT2D eigenvalue weighted by molar-refractivity contribution is 0.251. The molecule has 1 aromatic carbocycles. The average molecular weight is 324 g/mol. The van der Waals surface area contributed by atoms with Gasteiger partial charge in [-0.25, -0.2) is 19.7 Å². The molecule has 0 fully saturated rings. The summed E-state index contributed by atoms with van der Waals surface area (Å²) in [7, 11) is 1.61. The molecule has 24 heavy (non-hydrogen) atoms. The van der Waals surface area contributed by atoms with E-state index in [1.54, 1.807) is 36.5 Å². The van der Waals surface area contributed by atoms with Crippen LogP contribution in [-0.4, -0.2) is 32.7 Å². The molecule has 3 aromatic rings. The number of ether oxygens (including phenoxy) is 1. The van der Waals surface area contributed by atoms with Gasteiger partial charge in [-0.15, -0.1) is 0 Å². The minimum absolute atomic E-state index is 0.346. The largest absolute Gasteiger partial charge is 0.497 e. The van der Waals surface area contributed by atoms with Crippen LogP contribution in [0.25, 0.3) is 5.82 Å². The fourth-order valence-electron chi connectivity index (χ4n) is 2.04. The van der Waals surface area contributed by atoms with Crippen LogP contribution in [0.1, 0.15) is 5.56 Å². The number of aromatic nitrogens is 4. The highest BCUT2D eigenvalue weighted by molar-refractivity contribution is 5.88. The summed E-state index contributed by atoms with van der Waals surface area (Å²) in [5, 5.41) is 5.45. The zero-order chi connectivity index (χ0) is 16.8. The van der Waals surface area contributed by atoms with Gasteiger partial charge in [-0.1, -0.05) is 12.1 Å². The Balaban J connectivity index is 1.57. The molecule has 3 rings (SSSR count). The summed E-state index contributed by atoms with van der Waals surface area (Å²) >= 11 is 0. The standard InChI is InChI=1S/C16H16N6O2/c1-24-13-4-2-12(3-5-13)9-18-16(23)21-14-8-15(20-10-19-14)22-7-6-17-11-22/h2-8,10-11H,9H2,1H3,(H2,18,19,20,21,23). The molecule has 0 aliphatic rings. The van der Waals surface area contributed by atoms with Crippen molar-refractivity contribution in [2.45, 2.75) is 6.54 Å². The normalized spacial score (nSPS) is 10.2. The Morgan fingerprint density at radius 1 is 1.25 bits per heavy atom. The molecule has 0 bridgehead atoms. The number of amides is 2. The van der Waals surface area contributed by atoms with Gasteiger partial charge in [0.15, 0.2) is 0 Å². The van der Waals surface area contributed by atoms with Crippen molar-refractivity contribution in [1.29, 1.82) is 0 Å². The van der Waals surface area contributed by atoms with E-state index in [1.165, 1.54) is 6.33 Å². The van der Waals surface area contributed by atoms with Crippen LogP contribution in [0.2, 0.25) is 0 Å². The Bertz CT molecular complexity index is 802. The molecule has 122 valence electrons. The van der Waals surface area contributed by atoms with E-state index in [9.17, 15) is 4.79 Å². The number of nitrogens with zero attached hydrogens (tertiary/aromatic N) is 4. The van der Waals surface area contributed by atoms with Gasteiger partial charge in [0.1, 0.15) is 30.0 Å². The molecule has 8 nitrogen and oxygen atoms in total. The fraction of sp³-hybridized carbons (Fsp3) is 0.125. The number of methoxy groups -OCH3 is 1. The first-order valence-corrected chi connectivity index (χ1v) is 7.23. The van der Waals surface area contributed by atoms with Gasteiger partial charge in [0.25, 0.3) is 0 Å². The molecule has 2 heterocycles. The Kier molecular flexibility index (Phi) is 4.66. The first-order valence-electron chi connectivity index (χ1n) is 7.23. The molecule has 0 spiro atoms. The number of urea groups is 1. The monoisotopic (exact) mass is 324 g/mol. The molecule has 2 aromatic heterocycles. The number of benzene rings is 1. The molecule has 0 unspecified atom stereocenters. The van der Waals surface area contributed by atoms with Crippen molar-refractivity contribution in [2.75, 3.05) is 12.4 Å². The van der Waals surface area contributed by atoms with Gasteiger partial charge in [0.05, 0.1) is 7.11 Å². The van der Waals surface area contributed by atoms with Gasteiger partial charge >= 0.3 is 6.03 Å². The molecule has 2 N–H and O–H groups in total. The summed E-state index contributed by atoms with van der Waals surface area (Å²) in [6.45, 7) is 0.398. The van der Waals surface area contributed by atoms with Crippen molar-refractivity contribution in [3.05, 3.63) is 60.9 Å². The van der Waals surface area contributed by atoms with Crippen molar-refractivity contribution in [2.24, 2.45) is 0 Å². The van der Waals surface area contributed by atoms with Crippen LogP contribution < -0.4 is 15.4 Å². The number of anilines is 1. The predicted octanol–water partition coefficient (Wildman–Crippen LogP) is 1.99. The number of hydrogen-bond donors (Lipinski definition) is 2. The molecule has 0 aliphatic heterocycles. The van der Waals surface area contributed by atoms with Crippen LogP contribution in [-0.2, 0) is 6.54 Å². The van der Waals surface area contributed by atoms with E-state index in [1.807, 2.05) is 24.3 Å². The Hall–Kier alpha value is -3.42. The number of carbonyl (C=O) groups is 1. The lowest BCUT2D eigenvalue weighted by Crippen LogP contribution is -2.28. The summed E-state index contributed by atoms with van der Waals surface area (Å²) in [5.74, 6) is 1.80. The lowest BCUT2D eigenvalue weighted by Gasteiger charge is -2.08. The van der Waals surface area contributed by atoms with E-state index in [0.717, 1.165) is 11.3 Å². The van der Waals surface area contributed by atoms with Crippen molar-refractivity contribution in [1.82, 2.24) is 24.8 Å². The maximum absolute atomic E-state index is 12.0. The summed E-state index contributed by atoms with van der Waals surface area (Å²) in [4.78, 5) is 24.1. The van der Waals surface area contributed by atoms with Crippen molar-refractivity contribution < 1.29 is 9.53 Å². The number of nitrogens with one attached hydrogen (secondary N) is 2. The summed E-state index contributed by atoms with van der Waals surface area (Å²) < 4.78 is 6.82. The first-order chi connectivity index (χ1) is 11.7. The van der Waals surface area contributed by atoms with Crippen LogP contribution >= 0.6 is 0 Å². The third-order valence-electron chi connectivity index (χ3n) is 3.28. The highest BCUT2D eigenvalue weighted by atomic mass is 16.5. The van der Waals surface area contributed by atoms with Crippen LogP contribution in [0.15, 0.2) is 55.4 Å². The van der Waals surface area contributed by atoms with Gasteiger partial charge in [-0.3, -0.25) is 9.88 Å². The minimum atomic E-state index is -0.346. The number of imidazole rings is 1. The van der Waals surface area contributed by atoms with Gasteiger partial charge in [0.2, 0.25) is 0 Å². The average Bonchev–Trinajstić information content (AvgIpc) is 3.15. The maximum atomic E-state index is 12.0. The van der Waals surface area contributed by atoms with E-state index in [-0.39, 0.29) is 6.03 Å². The highest BCUT2D eigenvalue weighted by Gasteiger charge is 2.05. The molecule has 0 saturated heterocycles. The quantitative estimate of drug-likeness (QED) is 0.748. The molecule has 0 aliphatic carbocycles. The van der Waals surface area contributed by atoms with Gasteiger partial charge in [-0.2, -0.15) is 0 Å². The smallest absolute Gasteiger partial charge is 0.320 e. The van der Waals surface area contributed by atoms with Gasteiger partial charge in [0, 0.05) is 25.0 Å². The molecule has 8 heteroatoms. The van der Waals surface area contributed by atoms with Crippen LogP contribution in [0.5, 0.6) is 5.75 Å². The Morgan fingerprint density at radius 2 is 2.08 bits per heavy atom. The van der Waals surface area contributed by atoms with Crippen LogP contribution in [0.3, 0.4) is 0 Å². The summed E-state index contributed by atoms with van der Waals surface area (Å²) in [6, 6.07) is 8.78. The van der Waals surface area contributed by atoms with E-state index < -0.39 is 0 Å². The Labute approximate surface area is 138 Å². The second kappa shape index (κ2) is 7.23. The van der Waals surface area contributed by atoms with Crippen LogP contribution in [0, 0.1) is 0 Å². The van der Waals surface area contributed by atoms with E-state index >= 15 is 0 Å². The third kappa shape index (κ3) is 3.86. The van der Waals surface area contributed by atoms with Crippen molar-refractivity contribution in [3.63, 3.8) is 0 Å². The van der Waals surface area contributed by atoms with Crippen LogP contribution in [0.4, 0.5) is 10.6 Å². The first kappa shape index (κ1) is 15.5. The van der Waals surface area contributed by atoms with E-state index in [0.29, 0.717) is 18.2 Å². The van der Waals surface area contributed by atoms with Gasteiger partial charge < -0.3 is 10.1 Å². The second-order valence-electron chi connectivity index (χ2n) is 4.89. The van der Waals surface area contributed by atoms with Gasteiger partial charge in [-0.05, 0) is 17.7 Å². The zero-order valence-electron chi connectivity index (χ0n) is 13.0. The SMILES string of the molecule is COc1ccc(CNC(=O)Nc2cc(-n3ccnc3)ncn2)cc1. The molecular weight excluding hydrogens is 308 g/mol. The molecule has 0 atom stereocenters. The number of rotatable bonds is 5. The molecular formula is C16H16N6O2. The lowest BCUT2D eigenvalue weighted by atomic mass is 10.2. The highest BCUT2D eigenvalue weighted by Crippen LogP contribution is 2.11. The molecule has 0 saturated carbocycles. The molecule has 0 radical (unpaired) electrons. The zero-order valence-corrected chi connectivity index (χ0v) is 13.0. The van der Waals surface area contributed by atoms with E-state index in [4.69, 9.17) is 4.74 Å². The fourth-order valence-corrected chi connectivity index (χ4v) is 2.04. The summed E-state index contributed by atoms with van der Waals surface area (Å²) in [6.07, 6.45) is 6.41. The predicted molar refractivity (Wildman–Crippen MR) is 88.0 cm³/mol.